The molecule has 4 rings (SSSR count). The Balaban J connectivity index is 1.51. The molecule has 1 fully saturated rings. The number of primary amides is 1. The Kier molecular flexibility index (Phi) is 7.45. The zero-order valence-electron chi connectivity index (χ0n) is 19.5. The van der Waals surface area contributed by atoms with E-state index in [4.69, 9.17) is 20.5 Å². The fraction of sp³-hybridized carbons (Fsp3) is 0.280. The molecular formula is C25H21F3N4O4S. The van der Waals surface area contributed by atoms with Crippen LogP contribution in [0, 0.1) is 17.2 Å². The summed E-state index contributed by atoms with van der Waals surface area (Å²) in [5.41, 5.74) is 4.70. The van der Waals surface area contributed by atoms with Crippen LogP contribution in [0.15, 0.2) is 46.3 Å². The molecule has 2 aliphatic heterocycles. The van der Waals surface area contributed by atoms with E-state index < -0.39 is 23.4 Å². The molecule has 0 atom stereocenters. The van der Waals surface area contributed by atoms with E-state index in [0.29, 0.717) is 41.6 Å². The van der Waals surface area contributed by atoms with Gasteiger partial charge in [-0.05, 0) is 66.6 Å². The largest absolute Gasteiger partial charge is 0.493 e. The summed E-state index contributed by atoms with van der Waals surface area (Å²) in [4.78, 5) is 30.3. The van der Waals surface area contributed by atoms with Crippen molar-refractivity contribution in [1.82, 2.24) is 4.90 Å². The van der Waals surface area contributed by atoms with E-state index in [0.717, 1.165) is 12.1 Å². The number of amidine groups is 1. The molecule has 2 aromatic rings. The number of benzene rings is 2. The van der Waals surface area contributed by atoms with E-state index in [2.05, 4.69) is 4.99 Å². The quantitative estimate of drug-likeness (QED) is 0.564. The van der Waals surface area contributed by atoms with Gasteiger partial charge in [-0.1, -0.05) is 6.07 Å². The molecule has 0 bridgehead atoms. The lowest BCUT2D eigenvalue weighted by Gasteiger charge is -2.31. The van der Waals surface area contributed by atoms with Gasteiger partial charge in [0.1, 0.15) is 5.75 Å². The van der Waals surface area contributed by atoms with E-state index in [1.807, 2.05) is 4.90 Å². The molecule has 2 heterocycles. The number of hydrogen-bond acceptors (Lipinski definition) is 7. The number of nitrogens with zero attached hydrogens (tertiary/aromatic N) is 3. The van der Waals surface area contributed by atoms with Crippen molar-refractivity contribution in [3.8, 4) is 23.3 Å². The van der Waals surface area contributed by atoms with Crippen molar-refractivity contribution >= 4 is 34.8 Å². The summed E-state index contributed by atoms with van der Waals surface area (Å²) < 4.78 is 51.3. The third-order valence-electron chi connectivity index (χ3n) is 5.90. The average molecular weight is 531 g/mol. The molecule has 0 spiro atoms. The molecule has 2 N–H and O–H groups in total. The third-order valence-corrected chi connectivity index (χ3v) is 6.94. The summed E-state index contributed by atoms with van der Waals surface area (Å²) in [7, 11) is 1.34. The number of aliphatic imine (C=N–C) groups is 1. The lowest BCUT2D eigenvalue weighted by molar-refractivity contribution is -0.138. The summed E-state index contributed by atoms with van der Waals surface area (Å²) >= 11 is 1.21. The number of halogens is 3. The molecule has 0 unspecified atom stereocenters. The molecule has 192 valence electrons. The van der Waals surface area contributed by atoms with Crippen molar-refractivity contribution in [2.75, 3.05) is 20.2 Å². The SMILES string of the molecule is COc1cc(/C=C2/SC(N3CCC(C(N)=O)CC3)=NC2=O)ccc1Oc1ccc(C#N)cc1C(F)(F)F. The van der Waals surface area contributed by atoms with Gasteiger partial charge in [0.15, 0.2) is 16.7 Å². The van der Waals surface area contributed by atoms with Crippen molar-refractivity contribution in [3.63, 3.8) is 0 Å². The first-order chi connectivity index (χ1) is 17.6. The van der Waals surface area contributed by atoms with Crippen LogP contribution in [0.2, 0.25) is 0 Å². The van der Waals surface area contributed by atoms with Crippen LogP contribution < -0.4 is 15.2 Å². The highest BCUT2D eigenvalue weighted by atomic mass is 32.2. The number of carbonyl (C=O) groups excluding carboxylic acids is 2. The number of alkyl halides is 3. The number of amides is 2. The first kappa shape index (κ1) is 26.1. The second kappa shape index (κ2) is 10.6. The van der Waals surface area contributed by atoms with E-state index in [-0.39, 0.29) is 28.9 Å². The molecule has 2 aromatic carbocycles. The summed E-state index contributed by atoms with van der Waals surface area (Å²) in [6, 6.07) is 9.25. The minimum absolute atomic E-state index is 0.0273. The number of carbonyl (C=O) groups is 2. The fourth-order valence-corrected chi connectivity index (χ4v) is 4.89. The standard InChI is InChI=1S/C25H21F3N4O4S/c1-35-20-11-14(2-5-19(20)36-18-4-3-15(13-29)10-17(18)25(26,27)28)12-21-23(34)31-24(37-21)32-8-6-16(7-9-32)22(30)33/h2-5,10-12,16H,6-9H2,1H3,(H2,30,33)/b21-12+. The number of ether oxygens (including phenoxy) is 2. The Morgan fingerprint density at radius 1 is 1.19 bits per heavy atom. The molecule has 0 saturated carbocycles. The number of rotatable bonds is 5. The second-order valence-electron chi connectivity index (χ2n) is 8.31. The Labute approximate surface area is 214 Å². The Hall–Kier alpha value is -3.98. The third kappa shape index (κ3) is 5.89. The fourth-order valence-electron chi connectivity index (χ4n) is 3.93. The van der Waals surface area contributed by atoms with E-state index in [1.165, 1.54) is 37.1 Å². The number of nitriles is 1. The Morgan fingerprint density at radius 2 is 1.89 bits per heavy atom. The minimum atomic E-state index is -4.73. The zero-order valence-corrected chi connectivity index (χ0v) is 20.4. The second-order valence-corrected chi connectivity index (χ2v) is 9.32. The van der Waals surface area contributed by atoms with Crippen LogP contribution in [-0.2, 0) is 15.8 Å². The van der Waals surface area contributed by atoms with Gasteiger partial charge < -0.3 is 20.1 Å². The van der Waals surface area contributed by atoms with Crippen LogP contribution in [-0.4, -0.2) is 42.1 Å². The van der Waals surface area contributed by atoms with Crippen LogP contribution >= 0.6 is 11.8 Å². The summed E-state index contributed by atoms with van der Waals surface area (Å²) in [5, 5.41) is 9.49. The van der Waals surface area contributed by atoms with Crippen LogP contribution in [0.5, 0.6) is 17.2 Å². The summed E-state index contributed by atoms with van der Waals surface area (Å²) in [6.07, 6.45) is -1.94. The van der Waals surface area contributed by atoms with Gasteiger partial charge in [0, 0.05) is 19.0 Å². The average Bonchev–Trinajstić information content (AvgIpc) is 3.24. The van der Waals surface area contributed by atoms with Crippen LogP contribution in [0.4, 0.5) is 13.2 Å². The van der Waals surface area contributed by atoms with E-state index in [9.17, 15) is 22.8 Å². The van der Waals surface area contributed by atoms with Crippen molar-refractivity contribution in [3.05, 3.63) is 58.0 Å². The predicted molar refractivity (Wildman–Crippen MR) is 131 cm³/mol. The number of nitrogens with two attached hydrogens (primary N) is 1. The van der Waals surface area contributed by atoms with Crippen molar-refractivity contribution < 1.29 is 32.2 Å². The lowest BCUT2D eigenvalue weighted by atomic mass is 9.97. The lowest BCUT2D eigenvalue weighted by Crippen LogP contribution is -2.40. The van der Waals surface area contributed by atoms with Gasteiger partial charge in [0.25, 0.3) is 5.91 Å². The molecule has 0 aliphatic carbocycles. The van der Waals surface area contributed by atoms with Crippen LogP contribution in [0.1, 0.15) is 29.5 Å². The van der Waals surface area contributed by atoms with E-state index in [1.54, 1.807) is 18.2 Å². The van der Waals surface area contributed by atoms with Crippen molar-refractivity contribution in [1.29, 1.82) is 5.26 Å². The predicted octanol–water partition coefficient (Wildman–Crippen LogP) is 4.55. The molecule has 0 radical (unpaired) electrons. The van der Waals surface area contributed by atoms with Crippen molar-refractivity contribution in [2.24, 2.45) is 16.6 Å². The number of piperidine rings is 1. The Bertz CT molecular complexity index is 1340. The summed E-state index contributed by atoms with van der Waals surface area (Å²) in [5.74, 6) is -1.22. The maximum Gasteiger partial charge on any atom is 0.420 e. The van der Waals surface area contributed by atoms with Gasteiger partial charge in [0.05, 0.1) is 29.2 Å². The zero-order chi connectivity index (χ0) is 26.7. The molecule has 1 saturated heterocycles. The van der Waals surface area contributed by atoms with Gasteiger partial charge in [-0.25, -0.2) is 0 Å². The molecule has 0 aromatic heterocycles. The van der Waals surface area contributed by atoms with Gasteiger partial charge in [-0.2, -0.15) is 23.4 Å². The van der Waals surface area contributed by atoms with E-state index >= 15 is 0 Å². The number of methoxy groups -OCH3 is 1. The topological polar surface area (TPSA) is 118 Å². The molecule has 12 heteroatoms. The van der Waals surface area contributed by atoms with Crippen LogP contribution in [0.3, 0.4) is 0 Å². The normalized spacial score (nSPS) is 17.5. The molecule has 2 aliphatic rings. The minimum Gasteiger partial charge on any atom is -0.493 e. The van der Waals surface area contributed by atoms with Crippen molar-refractivity contribution in [2.45, 2.75) is 19.0 Å². The molecule has 37 heavy (non-hydrogen) atoms. The maximum absolute atomic E-state index is 13.5. The molecule has 2 amide bonds. The number of thioether (sulfide) groups is 1. The summed E-state index contributed by atoms with van der Waals surface area (Å²) in [6.45, 7) is 1.13. The maximum atomic E-state index is 13.5. The van der Waals surface area contributed by atoms with Gasteiger partial charge in [0.2, 0.25) is 5.91 Å². The highest BCUT2D eigenvalue weighted by Gasteiger charge is 2.35. The smallest absolute Gasteiger partial charge is 0.420 e. The number of hydrogen-bond donors (Lipinski definition) is 1. The van der Waals surface area contributed by atoms with Gasteiger partial charge >= 0.3 is 6.18 Å². The Morgan fingerprint density at radius 3 is 2.51 bits per heavy atom. The molecular weight excluding hydrogens is 509 g/mol. The number of likely N-dealkylation sites (tertiary alicyclic amines) is 1. The van der Waals surface area contributed by atoms with Crippen LogP contribution in [0.25, 0.3) is 6.08 Å². The van der Waals surface area contributed by atoms with Gasteiger partial charge in [-0.15, -0.1) is 0 Å². The molecule has 8 nitrogen and oxygen atoms in total. The highest BCUT2D eigenvalue weighted by molar-refractivity contribution is 8.18. The monoisotopic (exact) mass is 530 g/mol. The first-order valence-corrected chi connectivity index (χ1v) is 11.9. The van der Waals surface area contributed by atoms with Gasteiger partial charge in [-0.3, -0.25) is 9.59 Å². The highest BCUT2D eigenvalue weighted by Crippen LogP contribution is 2.41. The first-order valence-electron chi connectivity index (χ1n) is 11.1.